The van der Waals surface area contributed by atoms with Gasteiger partial charge in [0.2, 0.25) is 0 Å². The summed E-state index contributed by atoms with van der Waals surface area (Å²) >= 11 is 3.50. The summed E-state index contributed by atoms with van der Waals surface area (Å²) < 4.78 is 6.91. The monoisotopic (exact) mass is 316 g/mol. The van der Waals surface area contributed by atoms with E-state index in [9.17, 15) is 0 Å². The molecule has 2 heterocycles. The standard InChI is InChI=1S/C15H13BrN2O/c1-15(2)18-14(10-5-7-17-8-6-10)12-9-11(16)3-4-13(12)19-15/h3-9H,1-2H3. The number of halogens is 1. The molecule has 0 atom stereocenters. The van der Waals surface area contributed by atoms with Gasteiger partial charge < -0.3 is 4.74 Å². The minimum atomic E-state index is -0.556. The van der Waals surface area contributed by atoms with Gasteiger partial charge in [-0.15, -0.1) is 0 Å². The maximum absolute atomic E-state index is 5.90. The number of nitrogens with zero attached hydrogens (tertiary/aromatic N) is 2. The summed E-state index contributed by atoms with van der Waals surface area (Å²) in [6, 6.07) is 9.90. The van der Waals surface area contributed by atoms with Crippen LogP contribution in [0.1, 0.15) is 25.0 Å². The van der Waals surface area contributed by atoms with Crippen LogP contribution in [0.15, 0.2) is 52.2 Å². The molecule has 0 saturated heterocycles. The Morgan fingerprint density at radius 1 is 1.11 bits per heavy atom. The van der Waals surface area contributed by atoms with Crippen LogP contribution in [0.5, 0.6) is 5.75 Å². The zero-order chi connectivity index (χ0) is 13.5. The average Bonchev–Trinajstić information content (AvgIpc) is 2.39. The van der Waals surface area contributed by atoms with E-state index < -0.39 is 5.72 Å². The molecule has 0 saturated carbocycles. The Labute approximate surface area is 120 Å². The van der Waals surface area contributed by atoms with E-state index >= 15 is 0 Å². The zero-order valence-electron chi connectivity index (χ0n) is 10.7. The van der Waals surface area contributed by atoms with Gasteiger partial charge >= 0.3 is 0 Å². The smallest absolute Gasteiger partial charge is 0.195 e. The molecule has 0 amide bonds. The molecule has 4 heteroatoms. The Bertz CT molecular complexity index is 650. The Kier molecular flexibility index (Phi) is 2.90. The van der Waals surface area contributed by atoms with Gasteiger partial charge in [-0.1, -0.05) is 15.9 Å². The lowest BCUT2D eigenvalue weighted by Gasteiger charge is -2.30. The van der Waals surface area contributed by atoms with Crippen molar-refractivity contribution in [3.8, 4) is 5.75 Å². The third-order valence-electron chi connectivity index (χ3n) is 2.89. The van der Waals surface area contributed by atoms with Gasteiger partial charge in [0.25, 0.3) is 0 Å². The van der Waals surface area contributed by atoms with E-state index in [4.69, 9.17) is 9.73 Å². The molecule has 2 aromatic rings. The molecule has 19 heavy (non-hydrogen) atoms. The fourth-order valence-corrected chi connectivity index (χ4v) is 2.49. The van der Waals surface area contributed by atoms with E-state index in [1.165, 1.54) is 0 Å². The summed E-state index contributed by atoms with van der Waals surface area (Å²) in [5.74, 6) is 0.856. The molecule has 0 bridgehead atoms. The van der Waals surface area contributed by atoms with Crippen LogP contribution in [0.4, 0.5) is 0 Å². The third kappa shape index (κ3) is 2.40. The molecule has 96 valence electrons. The number of hydrogen-bond donors (Lipinski definition) is 0. The fraction of sp³-hybridized carbons (Fsp3) is 0.200. The molecule has 0 unspecified atom stereocenters. The number of rotatable bonds is 1. The molecule has 1 aromatic carbocycles. The van der Waals surface area contributed by atoms with Crippen molar-refractivity contribution in [1.29, 1.82) is 0 Å². The van der Waals surface area contributed by atoms with Crippen molar-refractivity contribution in [3.63, 3.8) is 0 Å². The molecular weight excluding hydrogens is 304 g/mol. The van der Waals surface area contributed by atoms with Crippen LogP contribution in [0.2, 0.25) is 0 Å². The predicted molar refractivity (Wildman–Crippen MR) is 78.7 cm³/mol. The van der Waals surface area contributed by atoms with E-state index in [1.54, 1.807) is 12.4 Å². The van der Waals surface area contributed by atoms with Gasteiger partial charge in [-0.2, -0.15) is 0 Å². The normalized spacial score (nSPS) is 16.3. The molecule has 0 radical (unpaired) electrons. The van der Waals surface area contributed by atoms with E-state index in [0.717, 1.165) is 27.1 Å². The Morgan fingerprint density at radius 3 is 2.58 bits per heavy atom. The number of aliphatic imine (C=N–C) groups is 1. The van der Waals surface area contributed by atoms with Crippen molar-refractivity contribution in [2.45, 2.75) is 19.6 Å². The molecule has 0 spiro atoms. The SMILES string of the molecule is CC1(C)N=C(c2ccncc2)c2cc(Br)ccc2O1. The second-order valence-corrected chi connectivity index (χ2v) is 5.80. The molecular formula is C15H13BrN2O. The van der Waals surface area contributed by atoms with Crippen molar-refractivity contribution in [2.75, 3.05) is 0 Å². The Hall–Kier alpha value is -1.68. The minimum absolute atomic E-state index is 0.556. The summed E-state index contributed by atoms with van der Waals surface area (Å²) in [6.07, 6.45) is 3.55. The predicted octanol–water partition coefficient (Wildman–Crippen LogP) is 3.81. The minimum Gasteiger partial charge on any atom is -0.466 e. The molecule has 3 rings (SSSR count). The van der Waals surface area contributed by atoms with Gasteiger partial charge in [0, 0.05) is 28.0 Å². The molecule has 0 N–H and O–H groups in total. The highest BCUT2D eigenvalue weighted by Crippen LogP contribution is 2.34. The first-order valence-corrected chi connectivity index (χ1v) is 6.84. The molecule has 0 fully saturated rings. The molecule has 1 aliphatic rings. The van der Waals surface area contributed by atoms with Crippen LogP contribution < -0.4 is 4.74 Å². The van der Waals surface area contributed by atoms with Crippen LogP contribution in [0.25, 0.3) is 0 Å². The second kappa shape index (κ2) is 4.46. The first-order valence-electron chi connectivity index (χ1n) is 6.04. The topological polar surface area (TPSA) is 34.5 Å². The number of hydrogen-bond acceptors (Lipinski definition) is 3. The number of aromatic nitrogens is 1. The Morgan fingerprint density at radius 2 is 1.84 bits per heavy atom. The van der Waals surface area contributed by atoms with E-state index in [1.807, 2.05) is 44.2 Å². The van der Waals surface area contributed by atoms with Crippen LogP contribution in [0.3, 0.4) is 0 Å². The number of fused-ring (bicyclic) bond motifs is 1. The van der Waals surface area contributed by atoms with Gasteiger partial charge in [0.1, 0.15) is 5.75 Å². The molecule has 3 nitrogen and oxygen atoms in total. The average molecular weight is 317 g/mol. The summed E-state index contributed by atoms with van der Waals surface area (Å²) in [4.78, 5) is 8.77. The summed E-state index contributed by atoms with van der Waals surface area (Å²) in [7, 11) is 0. The van der Waals surface area contributed by atoms with Crippen molar-refractivity contribution < 1.29 is 4.74 Å². The van der Waals surface area contributed by atoms with Crippen LogP contribution in [-0.4, -0.2) is 16.4 Å². The summed E-state index contributed by atoms with van der Waals surface area (Å²) in [5, 5.41) is 0. The Balaban J connectivity index is 2.21. The summed E-state index contributed by atoms with van der Waals surface area (Å²) in [6.45, 7) is 3.92. The van der Waals surface area contributed by atoms with Gasteiger partial charge in [-0.05, 0) is 44.2 Å². The van der Waals surface area contributed by atoms with E-state index in [0.29, 0.717) is 0 Å². The van der Waals surface area contributed by atoms with E-state index in [2.05, 4.69) is 20.9 Å². The van der Waals surface area contributed by atoms with Gasteiger partial charge in [0.05, 0.1) is 5.71 Å². The quantitative estimate of drug-likeness (QED) is 0.801. The van der Waals surface area contributed by atoms with Crippen molar-refractivity contribution in [2.24, 2.45) is 4.99 Å². The maximum Gasteiger partial charge on any atom is 0.195 e. The fourth-order valence-electron chi connectivity index (χ4n) is 2.13. The molecule has 1 aliphatic heterocycles. The highest BCUT2D eigenvalue weighted by Gasteiger charge is 2.28. The lowest BCUT2D eigenvalue weighted by Crippen LogP contribution is -2.32. The highest BCUT2D eigenvalue weighted by molar-refractivity contribution is 9.10. The highest BCUT2D eigenvalue weighted by atomic mass is 79.9. The van der Waals surface area contributed by atoms with Gasteiger partial charge in [-0.3, -0.25) is 4.98 Å². The molecule has 1 aromatic heterocycles. The number of pyridine rings is 1. The van der Waals surface area contributed by atoms with Crippen LogP contribution in [0, 0.1) is 0 Å². The zero-order valence-corrected chi connectivity index (χ0v) is 12.3. The largest absolute Gasteiger partial charge is 0.466 e. The van der Waals surface area contributed by atoms with Crippen LogP contribution in [-0.2, 0) is 0 Å². The third-order valence-corrected chi connectivity index (χ3v) is 3.38. The number of ether oxygens (including phenoxy) is 1. The van der Waals surface area contributed by atoms with Crippen molar-refractivity contribution in [1.82, 2.24) is 4.98 Å². The maximum atomic E-state index is 5.90. The number of benzene rings is 1. The van der Waals surface area contributed by atoms with Crippen molar-refractivity contribution in [3.05, 3.63) is 58.3 Å². The van der Waals surface area contributed by atoms with E-state index in [-0.39, 0.29) is 0 Å². The lowest BCUT2D eigenvalue weighted by molar-refractivity contribution is 0.115. The lowest BCUT2D eigenvalue weighted by atomic mass is 10.00. The van der Waals surface area contributed by atoms with Crippen molar-refractivity contribution >= 4 is 21.6 Å². The second-order valence-electron chi connectivity index (χ2n) is 4.89. The summed E-state index contributed by atoms with van der Waals surface area (Å²) in [5.41, 5.74) is 2.43. The molecule has 0 aliphatic carbocycles. The van der Waals surface area contributed by atoms with Gasteiger partial charge in [0.15, 0.2) is 5.72 Å². The first kappa shape index (κ1) is 12.4. The first-order chi connectivity index (χ1) is 9.05. The van der Waals surface area contributed by atoms with Crippen LogP contribution >= 0.6 is 15.9 Å². The van der Waals surface area contributed by atoms with Gasteiger partial charge in [-0.25, -0.2) is 4.99 Å².